The highest BCUT2D eigenvalue weighted by atomic mass is 32.1. The van der Waals surface area contributed by atoms with Crippen molar-refractivity contribution in [2.75, 3.05) is 6.54 Å². The molecule has 5 nitrogen and oxygen atoms in total. The van der Waals surface area contributed by atoms with Gasteiger partial charge in [0.25, 0.3) is 5.91 Å². The van der Waals surface area contributed by atoms with Gasteiger partial charge < -0.3 is 9.42 Å². The fraction of sp³-hybridized carbons (Fsp3) is 0.381. The lowest BCUT2D eigenvalue weighted by Gasteiger charge is -2.34. The summed E-state index contributed by atoms with van der Waals surface area (Å²) in [5.74, 6) is 0.700. The monoisotopic (exact) mass is 399 g/mol. The average molecular weight is 399 g/mol. The third-order valence-electron chi connectivity index (χ3n) is 5.15. The van der Waals surface area contributed by atoms with E-state index in [4.69, 9.17) is 4.52 Å². The number of benzene rings is 1. The summed E-state index contributed by atoms with van der Waals surface area (Å²) in [6.07, 6.45) is 6.15. The SMILES string of the molecule is O=C(c1cccs1)N(CCc1nc(-c2ccc(F)cc2)no1)C1CCCCC1. The zero-order valence-electron chi connectivity index (χ0n) is 15.5. The lowest BCUT2D eigenvalue weighted by atomic mass is 9.94. The smallest absolute Gasteiger partial charge is 0.264 e. The average Bonchev–Trinajstić information content (AvgIpc) is 3.42. The van der Waals surface area contributed by atoms with Gasteiger partial charge in [-0.25, -0.2) is 4.39 Å². The highest BCUT2D eigenvalue weighted by Crippen LogP contribution is 2.25. The number of rotatable bonds is 6. The van der Waals surface area contributed by atoms with Crippen LogP contribution < -0.4 is 0 Å². The second-order valence-electron chi connectivity index (χ2n) is 7.04. The maximum absolute atomic E-state index is 13.1. The van der Waals surface area contributed by atoms with Gasteiger partial charge in [0.1, 0.15) is 5.82 Å². The van der Waals surface area contributed by atoms with Crippen molar-refractivity contribution >= 4 is 17.2 Å². The first kappa shape index (κ1) is 18.8. The standard InChI is InChI=1S/C21H22FN3O2S/c22-16-10-8-15(9-11-16)20-23-19(27-24-20)12-13-25(17-5-2-1-3-6-17)21(26)18-7-4-14-28-18/h4,7-11,14,17H,1-3,5-6,12-13H2. The molecule has 0 bridgehead atoms. The predicted molar refractivity (Wildman–Crippen MR) is 106 cm³/mol. The Morgan fingerprint density at radius 1 is 1.18 bits per heavy atom. The Morgan fingerprint density at radius 2 is 1.96 bits per heavy atom. The summed E-state index contributed by atoms with van der Waals surface area (Å²) in [7, 11) is 0. The molecule has 146 valence electrons. The molecule has 0 radical (unpaired) electrons. The molecule has 7 heteroatoms. The highest BCUT2D eigenvalue weighted by molar-refractivity contribution is 7.12. The third-order valence-corrected chi connectivity index (χ3v) is 6.00. The Kier molecular flexibility index (Phi) is 5.81. The number of halogens is 1. The number of carbonyl (C=O) groups is 1. The van der Waals surface area contributed by atoms with Crippen LogP contribution in [-0.4, -0.2) is 33.5 Å². The molecule has 0 unspecified atom stereocenters. The van der Waals surface area contributed by atoms with E-state index in [9.17, 15) is 9.18 Å². The zero-order valence-corrected chi connectivity index (χ0v) is 16.3. The molecule has 0 N–H and O–H groups in total. The molecule has 0 spiro atoms. The fourth-order valence-corrected chi connectivity index (χ4v) is 4.35. The van der Waals surface area contributed by atoms with Crippen LogP contribution in [0.4, 0.5) is 4.39 Å². The van der Waals surface area contributed by atoms with Gasteiger partial charge in [-0.15, -0.1) is 11.3 Å². The Balaban J connectivity index is 1.46. The van der Waals surface area contributed by atoms with Crippen molar-refractivity contribution in [1.82, 2.24) is 15.0 Å². The van der Waals surface area contributed by atoms with Crippen molar-refractivity contribution in [3.8, 4) is 11.4 Å². The molecule has 1 aliphatic rings. The molecule has 1 saturated carbocycles. The van der Waals surface area contributed by atoms with Gasteiger partial charge in [0.05, 0.1) is 4.88 Å². The lowest BCUT2D eigenvalue weighted by Crippen LogP contribution is -2.42. The number of carbonyl (C=O) groups excluding carboxylic acids is 1. The van der Waals surface area contributed by atoms with Gasteiger partial charge in [-0.2, -0.15) is 4.98 Å². The van der Waals surface area contributed by atoms with Crippen LogP contribution in [-0.2, 0) is 6.42 Å². The van der Waals surface area contributed by atoms with Crippen molar-refractivity contribution in [3.63, 3.8) is 0 Å². The summed E-state index contributed by atoms with van der Waals surface area (Å²) in [5, 5.41) is 5.92. The highest BCUT2D eigenvalue weighted by Gasteiger charge is 2.27. The molecule has 2 aromatic heterocycles. The van der Waals surface area contributed by atoms with Crippen LogP contribution in [0.3, 0.4) is 0 Å². The minimum atomic E-state index is -0.303. The van der Waals surface area contributed by atoms with E-state index in [1.807, 2.05) is 22.4 Å². The van der Waals surface area contributed by atoms with Crippen molar-refractivity contribution in [2.45, 2.75) is 44.6 Å². The van der Waals surface area contributed by atoms with E-state index in [-0.39, 0.29) is 17.8 Å². The van der Waals surface area contributed by atoms with Crippen LogP contribution in [0, 0.1) is 5.82 Å². The number of hydrogen-bond acceptors (Lipinski definition) is 5. The van der Waals surface area contributed by atoms with E-state index in [2.05, 4.69) is 10.1 Å². The van der Waals surface area contributed by atoms with E-state index < -0.39 is 0 Å². The van der Waals surface area contributed by atoms with Crippen LogP contribution in [0.25, 0.3) is 11.4 Å². The molecule has 2 heterocycles. The maximum Gasteiger partial charge on any atom is 0.264 e. The van der Waals surface area contributed by atoms with Gasteiger partial charge in [0.2, 0.25) is 11.7 Å². The Bertz CT molecular complexity index is 902. The van der Waals surface area contributed by atoms with Crippen molar-refractivity contribution in [3.05, 3.63) is 58.4 Å². The van der Waals surface area contributed by atoms with Gasteiger partial charge in [-0.3, -0.25) is 4.79 Å². The fourth-order valence-electron chi connectivity index (χ4n) is 3.67. The summed E-state index contributed by atoms with van der Waals surface area (Å²) in [5.41, 5.74) is 0.704. The summed E-state index contributed by atoms with van der Waals surface area (Å²) < 4.78 is 18.5. The van der Waals surface area contributed by atoms with E-state index in [0.717, 1.165) is 30.6 Å². The molecule has 1 aromatic carbocycles. The van der Waals surface area contributed by atoms with Crippen LogP contribution in [0.15, 0.2) is 46.3 Å². The van der Waals surface area contributed by atoms with E-state index in [0.29, 0.717) is 30.2 Å². The first-order chi connectivity index (χ1) is 13.7. The molecule has 1 amide bonds. The first-order valence-electron chi connectivity index (χ1n) is 9.64. The molecule has 0 aliphatic heterocycles. The van der Waals surface area contributed by atoms with Crippen molar-refractivity contribution in [1.29, 1.82) is 0 Å². The topological polar surface area (TPSA) is 59.2 Å². The molecular formula is C21H22FN3O2S. The lowest BCUT2D eigenvalue weighted by molar-refractivity contribution is 0.0637. The predicted octanol–water partition coefficient (Wildman–Crippen LogP) is 4.95. The third kappa shape index (κ3) is 4.30. The maximum atomic E-state index is 13.1. The minimum absolute atomic E-state index is 0.0835. The molecule has 28 heavy (non-hydrogen) atoms. The van der Waals surface area contributed by atoms with Crippen LogP contribution >= 0.6 is 11.3 Å². The number of thiophene rings is 1. The second kappa shape index (κ2) is 8.65. The molecule has 0 atom stereocenters. The Labute approximate surface area is 167 Å². The molecule has 4 rings (SSSR count). The minimum Gasteiger partial charge on any atom is -0.339 e. The molecule has 0 saturated heterocycles. The zero-order chi connectivity index (χ0) is 19.3. The first-order valence-corrected chi connectivity index (χ1v) is 10.5. The van der Waals surface area contributed by atoms with Gasteiger partial charge >= 0.3 is 0 Å². The van der Waals surface area contributed by atoms with Gasteiger partial charge in [-0.05, 0) is 48.6 Å². The number of nitrogens with zero attached hydrogens (tertiary/aromatic N) is 3. The van der Waals surface area contributed by atoms with Crippen molar-refractivity contribution < 1.29 is 13.7 Å². The number of hydrogen-bond donors (Lipinski definition) is 0. The van der Waals surface area contributed by atoms with Crippen LogP contribution in [0.1, 0.15) is 47.7 Å². The second-order valence-corrected chi connectivity index (χ2v) is 7.98. The molecule has 1 fully saturated rings. The summed E-state index contributed by atoms with van der Waals surface area (Å²) in [6.45, 7) is 0.548. The quantitative estimate of drug-likeness (QED) is 0.588. The summed E-state index contributed by atoms with van der Waals surface area (Å²) >= 11 is 1.47. The van der Waals surface area contributed by atoms with Gasteiger partial charge in [0, 0.05) is 24.6 Å². The normalized spacial score (nSPS) is 14.9. The van der Waals surface area contributed by atoms with Crippen LogP contribution in [0.5, 0.6) is 0 Å². The Hall–Kier alpha value is -2.54. The Morgan fingerprint density at radius 3 is 2.68 bits per heavy atom. The van der Waals surface area contributed by atoms with E-state index in [1.165, 1.54) is 29.9 Å². The van der Waals surface area contributed by atoms with Crippen molar-refractivity contribution in [2.24, 2.45) is 0 Å². The van der Waals surface area contributed by atoms with Crippen LogP contribution in [0.2, 0.25) is 0 Å². The van der Waals surface area contributed by atoms with Gasteiger partial charge in [0.15, 0.2) is 0 Å². The van der Waals surface area contributed by atoms with E-state index >= 15 is 0 Å². The summed E-state index contributed by atoms with van der Waals surface area (Å²) in [6, 6.07) is 10.0. The summed E-state index contributed by atoms with van der Waals surface area (Å²) in [4.78, 5) is 20.2. The number of amides is 1. The van der Waals surface area contributed by atoms with E-state index in [1.54, 1.807) is 12.1 Å². The number of aromatic nitrogens is 2. The molecule has 1 aliphatic carbocycles. The molecular weight excluding hydrogens is 377 g/mol. The largest absolute Gasteiger partial charge is 0.339 e. The molecule has 3 aromatic rings. The van der Waals surface area contributed by atoms with Gasteiger partial charge in [-0.1, -0.05) is 30.5 Å².